The number of aliphatic hydroxyl groups is 1. The highest BCUT2D eigenvalue weighted by Gasteiger charge is 2.24. The molecule has 2 aromatic rings. The fourth-order valence-electron chi connectivity index (χ4n) is 2.46. The summed E-state index contributed by atoms with van der Waals surface area (Å²) in [5, 5.41) is 15.5. The Morgan fingerprint density at radius 1 is 1.45 bits per heavy atom. The van der Waals surface area contributed by atoms with E-state index in [-0.39, 0.29) is 6.04 Å². The van der Waals surface area contributed by atoms with Crippen LogP contribution in [0.2, 0.25) is 5.02 Å². The summed E-state index contributed by atoms with van der Waals surface area (Å²) in [7, 11) is 0. The van der Waals surface area contributed by atoms with Crippen molar-refractivity contribution in [1.82, 2.24) is 9.78 Å². The van der Waals surface area contributed by atoms with E-state index in [2.05, 4.69) is 11.2 Å². The van der Waals surface area contributed by atoms with Gasteiger partial charge in [-0.3, -0.25) is 4.68 Å². The number of aliphatic hydroxyl groups excluding tert-OH is 1. The molecule has 0 saturated carbocycles. The predicted molar refractivity (Wildman–Crippen MR) is 85.9 cm³/mol. The molecule has 0 aromatic carbocycles. The summed E-state index contributed by atoms with van der Waals surface area (Å²) in [6.07, 6.45) is 2.03. The van der Waals surface area contributed by atoms with Gasteiger partial charge in [0.15, 0.2) is 0 Å². The van der Waals surface area contributed by atoms with Gasteiger partial charge in [0.2, 0.25) is 0 Å². The molecule has 1 N–H and O–H groups in total. The average Bonchev–Trinajstić information content (AvgIpc) is 3.01. The Labute approximate surface area is 132 Å². The van der Waals surface area contributed by atoms with E-state index < -0.39 is 6.10 Å². The van der Waals surface area contributed by atoms with Gasteiger partial charge in [-0.05, 0) is 37.7 Å². The second kappa shape index (κ2) is 5.72. The van der Waals surface area contributed by atoms with E-state index >= 15 is 0 Å². The second-order valence-corrected chi connectivity index (χ2v) is 7.90. The van der Waals surface area contributed by atoms with Gasteiger partial charge in [-0.15, -0.1) is 11.3 Å². The molecule has 1 unspecified atom stereocenters. The number of nitrogens with zero attached hydrogens (tertiary/aromatic N) is 2. The maximum atomic E-state index is 10.7. The summed E-state index contributed by atoms with van der Waals surface area (Å²) in [5.74, 6) is 2.23. The van der Waals surface area contributed by atoms with Crippen LogP contribution in [0.1, 0.15) is 47.0 Å². The smallest absolute Gasteiger partial charge is 0.131 e. The van der Waals surface area contributed by atoms with Gasteiger partial charge < -0.3 is 5.11 Å². The molecule has 6 heteroatoms. The fraction of sp³-hybridized carbons (Fsp3) is 0.500. The third-order valence-electron chi connectivity index (χ3n) is 3.45. The van der Waals surface area contributed by atoms with Crippen LogP contribution in [-0.2, 0) is 12.2 Å². The zero-order valence-electron chi connectivity index (χ0n) is 11.5. The minimum absolute atomic E-state index is 0.178. The van der Waals surface area contributed by atoms with E-state index in [0.717, 1.165) is 17.1 Å². The van der Waals surface area contributed by atoms with Crippen molar-refractivity contribution in [3.8, 4) is 0 Å². The lowest BCUT2D eigenvalue weighted by atomic mass is 10.1. The predicted octanol–water partition coefficient (Wildman–Crippen LogP) is 4.05. The molecule has 20 heavy (non-hydrogen) atoms. The van der Waals surface area contributed by atoms with Gasteiger partial charge in [0.25, 0.3) is 0 Å². The van der Waals surface area contributed by atoms with E-state index in [1.807, 2.05) is 25.6 Å². The van der Waals surface area contributed by atoms with Crippen molar-refractivity contribution in [2.75, 3.05) is 5.75 Å². The Hall–Kier alpha value is -0.490. The Bertz CT molecular complexity index is 597. The Morgan fingerprint density at radius 3 is 2.95 bits per heavy atom. The van der Waals surface area contributed by atoms with Crippen LogP contribution in [0.4, 0.5) is 0 Å². The zero-order chi connectivity index (χ0) is 14.3. The first kappa shape index (κ1) is 14.4. The van der Waals surface area contributed by atoms with Gasteiger partial charge in [0.1, 0.15) is 6.10 Å². The van der Waals surface area contributed by atoms with E-state index in [1.54, 1.807) is 22.2 Å². The molecule has 0 saturated heterocycles. The molecule has 3 heterocycles. The zero-order valence-corrected chi connectivity index (χ0v) is 13.9. The molecule has 0 radical (unpaired) electrons. The van der Waals surface area contributed by atoms with Crippen LogP contribution in [0.5, 0.6) is 0 Å². The van der Waals surface area contributed by atoms with Gasteiger partial charge in [-0.1, -0.05) is 11.6 Å². The lowest BCUT2D eigenvalue weighted by Crippen LogP contribution is -2.11. The molecule has 3 rings (SSSR count). The van der Waals surface area contributed by atoms with Crippen LogP contribution in [0.3, 0.4) is 0 Å². The molecular formula is C14H17ClN2OS2. The number of thiophene rings is 1. The molecule has 1 aliphatic rings. The number of hydrogen-bond acceptors (Lipinski definition) is 4. The first-order chi connectivity index (χ1) is 9.58. The van der Waals surface area contributed by atoms with E-state index in [0.29, 0.717) is 10.7 Å². The molecule has 0 bridgehead atoms. The van der Waals surface area contributed by atoms with E-state index in [4.69, 9.17) is 11.6 Å². The van der Waals surface area contributed by atoms with Crippen molar-refractivity contribution in [3.63, 3.8) is 0 Å². The van der Waals surface area contributed by atoms with Gasteiger partial charge in [-0.2, -0.15) is 16.9 Å². The van der Waals surface area contributed by atoms with Crippen molar-refractivity contribution in [2.24, 2.45) is 0 Å². The summed E-state index contributed by atoms with van der Waals surface area (Å²) >= 11 is 9.88. The van der Waals surface area contributed by atoms with Crippen LogP contribution >= 0.6 is 34.7 Å². The molecule has 108 valence electrons. The van der Waals surface area contributed by atoms with Gasteiger partial charge in [-0.25, -0.2) is 0 Å². The summed E-state index contributed by atoms with van der Waals surface area (Å²) in [6.45, 7) is 4.07. The standard InChI is InChI=1S/C14H17ClN2OS2/c1-8(2)17-13(10(15)6-16-17)14(18)12-5-9-7-19-4-3-11(9)20-12/h5-6,8,14,18H,3-4,7H2,1-2H3. The van der Waals surface area contributed by atoms with E-state index in [9.17, 15) is 5.11 Å². The molecule has 0 aliphatic carbocycles. The third kappa shape index (κ3) is 2.52. The van der Waals surface area contributed by atoms with Crippen molar-refractivity contribution < 1.29 is 5.11 Å². The highest BCUT2D eigenvalue weighted by Crippen LogP contribution is 2.38. The van der Waals surface area contributed by atoms with Crippen LogP contribution in [0, 0.1) is 0 Å². The van der Waals surface area contributed by atoms with Crippen LogP contribution in [0.25, 0.3) is 0 Å². The summed E-state index contributed by atoms with van der Waals surface area (Å²) in [5.41, 5.74) is 2.07. The van der Waals surface area contributed by atoms with Crippen molar-refractivity contribution >= 4 is 34.7 Å². The average molecular weight is 329 g/mol. The summed E-state index contributed by atoms with van der Waals surface area (Å²) in [6, 6.07) is 2.31. The topological polar surface area (TPSA) is 38.0 Å². The quantitative estimate of drug-likeness (QED) is 0.923. The van der Waals surface area contributed by atoms with Gasteiger partial charge in [0.05, 0.1) is 16.9 Å². The number of fused-ring (bicyclic) bond motifs is 1. The maximum Gasteiger partial charge on any atom is 0.131 e. The number of aromatic nitrogens is 2. The minimum Gasteiger partial charge on any atom is -0.381 e. The molecule has 3 nitrogen and oxygen atoms in total. The van der Waals surface area contributed by atoms with Crippen molar-refractivity contribution in [1.29, 1.82) is 0 Å². The molecule has 1 atom stereocenters. The highest BCUT2D eigenvalue weighted by molar-refractivity contribution is 7.98. The number of rotatable bonds is 3. The third-order valence-corrected chi connectivity index (χ3v) is 6.04. The van der Waals surface area contributed by atoms with Crippen molar-refractivity contribution in [3.05, 3.63) is 38.3 Å². The van der Waals surface area contributed by atoms with Gasteiger partial charge >= 0.3 is 0 Å². The minimum atomic E-state index is -0.687. The van der Waals surface area contributed by atoms with Gasteiger partial charge in [0, 0.05) is 21.5 Å². The largest absolute Gasteiger partial charge is 0.381 e. The monoisotopic (exact) mass is 328 g/mol. The summed E-state index contributed by atoms with van der Waals surface area (Å²) < 4.78 is 1.81. The SMILES string of the molecule is CC(C)n1ncc(Cl)c1C(O)c1cc2c(s1)CCSC2. The first-order valence-electron chi connectivity index (χ1n) is 6.68. The molecule has 2 aromatic heterocycles. The van der Waals surface area contributed by atoms with E-state index in [1.165, 1.54) is 16.2 Å². The second-order valence-electron chi connectivity index (χ2n) is 5.22. The van der Waals surface area contributed by atoms with Crippen LogP contribution < -0.4 is 0 Å². The Balaban J connectivity index is 1.98. The molecule has 0 fully saturated rings. The Kier molecular flexibility index (Phi) is 4.13. The Morgan fingerprint density at radius 2 is 2.25 bits per heavy atom. The number of aryl methyl sites for hydroxylation is 1. The number of thioether (sulfide) groups is 1. The van der Waals surface area contributed by atoms with Crippen LogP contribution in [-0.4, -0.2) is 20.6 Å². The molecule has 1 aliphatic heterocycles. The molecule has 0 amide bonds. The number of hydrogen-bond donors (Lipinski definition) is 1. The van der Waals surface area contributed by atoms with Crippen molar-refractivity contribution in [2.45, 2.75) is 38.2 Å². The normalized spacial score (nSPS) is 16.4. The lowest BCUT2D eigenvalue weighted by Gasteiger charge is -2.15. The lowest BCUT2D eigenvalue weighted by molar-refractivity contribution is 0.209. The highest BCUT2D eigenvalue weighted by atomic mass is 35.5. The molecule has 0 spiro atoms. The van der Waals surface area contributed by atoms with Crippen LogP contribution in [0.15, 0.2) is 12.3 Å². The first-order valence-corrected chi connectivity index (χ1v) is 9.03. The summed E-state index contributed by atoms with van der Waals surface area (Å²) in [4.78, 5) is 2.38. The molecular weight excluding hydrogens is 312 g/mol. The maximum absolute atomic E-state index is 10.7. The fourth-order valence-corrected chi connectivity index (χ4v) is 5.06. The number of halogens is 1.